The van der Waals surface area contributed by atoms with Crippen LogP contribution < -0.4 is 0 Å². The molecule has 0 bridgehead atoms. The summed E-state index contributed by atoms with van der Waals surface area (Å²) in [4.78, 5) is 38.7. The first-order chi connectivity index (χ1) is 19.2. The van der Waals surface area contributed by atoms with E-state index >= 15 is 0 Å². The fraction of sp³-hybridized carbons (Fsp3) is 0.559. The first-order valence-electron chi connectivity index (χ1n) is 14.7. The molecule has 41 heavy (non-hydrogen) atoms. The zero-order valence-corrected chi connectivity index (χ0v) is 24.7. The van der Waals surface area contributed by atoms with Crippen molar-refractivity contribution in [2.75, 3.05) is 6.61 Å². The van der Waals surface area contributed by atoms with Crippen LogP contribution in [-0.4, -0.2) is 46.7 Å². The maximum Gasteiger partial charge on any atom is 0.343 e. The van der Waals surface area contributed by atoms with Crippen molar-refractivity contribution in [2.24, 2.45) is 34.0 Å². The molecular weight excluding hydrogens is 520 g/mol. The third kappa shape index (κ3) is 3.81. The molecule has 1 aliphatic heterocycles. The van der Waals surface area contributed by atoms with E-state index in [4.69, 9.17) is 14.2 Å². The minimum absolute atomic E-state index is 0.0489. The van der Waals surface area contributed by atoms with Gasteiger partial charge in [-0.2, -0.15) is 0 Å². The molecule has 3 fully saturated rings. The van der Waals surface area contributed by atoms with Gasteiger partial charge in [0.15, 0.2) is 6.61 Å². The van der Waals surface area contributed by atoms with E-state index in [0.717, 1.165) is 12.0 Å². The summed E-state index contributed by atoms with van der Waals surface area (Å²) >= 11 is 0. The third-order valence-corrected chi connectivity index (χ3v) is 10.9. The number of benzene rings is 1. The number of epoxide rings is 1. The molecule has 1 spiro atoms. The molecule has 1 aromatic rings. The fourth-order valence-electron chi connectivity index (χ4n) is 8.59. The SMILES string of the molecule is C[C@@H]1CC2C3CC=C4C=C(OC(=O)c5ccccc5)C=C[C@]4(C)[C@@]34O[C@H]4C[C@]2(C)[C@@]1(O)C(=O)COC(=O)C(C)(C)C. The van der Waals surface area contributed by atoms with Crippen molar-refractivity contribution >= 4 is 17.7 Å². The summed E-state index contributed by atoms with van der Waals surface area (Å²) in [6.45, 7) is 10.9. The molecule has 2 unspecified atom stereocenters. The lowest BCUT2D eigenvalue weighted by atomic mass is 9.48. The molecule has 7 nitrogen and oxygen atoms in total. The summed E-state index contributed by atoms with van der Waals surface area (Å²) in [5, 5.41) is 12.1. The molecule has 1 heterocycles. The maximum absolute atomic E-state index is 13.6. The summed E-state index contributed by atoms with van der Waals surface area (Å²) < 4.78 is 17.7. The highest BCUT2D eigenvalue weighted by Crippen LogP contribution is 2.75. The molecule has 218 valence electrons. The quantitative estimate of drug-likeness (QED) is 0.383. The molecule has 7 heteroatoms. The van der Waals surface area contributed by atoms with Crippen molar-refractivity contribution in [3.63, 3.8) is 0 Å². The van der Waals surface area contributed by atoms with Crippen LogP contribution in [0.3, 0.4) is 0 Å². The predicted octanol–water partition coefficient (Wildman–Crippen LogP) is 5.34. The van der Waals surface area contributed by atoms with Gasteiger partial charge >= 0.3 is 11.9 Å². The summed E-state index contributed by atoms with van der Waals surface area (Å²) in [5.41, 5.74) is -2.37. The topological polar surface area (TPSA) is 102 Å². The highest BCUT2D eigenvalue weighted by molar-refractivity contribution is 5.92. The lowest BCUT2D eigenvalue weighted by Gasteiger charge is -2.54. The second-order valence-corrected chi connectivity index (χ2v) is 14.1. The lowest BCUT2D eigenvalue weighted by molar-refractivity contribution is -0.173. The van der Waals surface area contributed by atoms with E-state index in [1.165, 1.54) is 0 Å². The van der Waals surface area contributed by atoms with Crippen molar-refractivity contribution in [3.8, 4) is 0 Å². The Morgan fingerprint density at radius 2 is 1.80 bits per heavy atom. The number of hydrogen-bond acceptors (Lipinski definition) is 7. The minimum Gasteiger partial charge on any atom is -0.457 e. The van der Waals surface area contributed by atoms with E-state index in [1.54, 1.807) is 45.0 Å². The number of Topliss-reactive ketones (excluding diaryl/α,β-unsaturated/α-hetero) is 1. The highest BCUT2D eigenvalue weighted by Gasteiger charge is 2.81. The zero-order chi connectivity index (χ0) is 29.6. The lowest BCUT2D eigenvalue weighted by Crippen LogP contribution is -2.62. The molecular formula is C34H40O7. The number of carbonyl (C=O) groups is 3. The fourth-order valence-corrected chi connectivity index (χ4v) is 8.59. The van der Waals surface area contributed by atoms with Gasteiger partial charge < -0.3 is 19.3 Å². The first kappa shape index (κ1) is 28.1. The normalized spacial score (nSPS) is 40.2. The third-order valence-electron chi connectivity index (χ3n) is 10.9. The second-order valence-electron chi connectivity index (χ2n) is 14.1. The number of rotatable bonds is 5. The van der Waals surface area contributed by atoms with Gasteiger partial charge in [0.25, 0.3) is 0 Å². The van der Waals surface area contributed by atoms with Gasteiger partial charge in [0, 0.05) is 10.8 Å². The van der Waals surface area contributed by atoms with E-state index < -0.39 is 51.8 Å². The molecule has 1 saturated heterocycles. The Morgan fingerprint density at radius 1 is 1.10 bits per heavy atom. The van der Waals surface area contributed by atoms with Crippen LogP contribution in [0.5, 0.6) is 0 Å². The van der Waals surface area contributed by atoms with Crippen LogP contribution >= 0.6 is 0 Å². The van der Waals surface area contributed by atoms with Gasteiger partial charge in [-0.15, -0.1) is 0 Å². The van der Waals surface area contributed by atoms with Crippen LogP contribution in [0.2, 0.25) is 0 Å². The van der Waals surface area contributed by atoms with Crippen molar-refractivity contribution < 1.29 is 33.7 Å². The van der Waals surface area contributed by atoms with E-state index in [2.05, 4.69) is 19.1 Å². The molecule has 1 N–H and O–H groups in total. The number of ether oxygens (including phenoxy) is 3. The van der Waals surface area contributed by atoms with Crippen molar-refractivity contribution in [2.45, 2.75) is 78.1 Å². The van der Waals surface area contributed by atoms with Gasteiger partial charge in [-0.1, -0.05) is 44.2 Å². The van der Waals surface area contributed by atoms with Crippen molar-refractivity contribution in [3.05, 3.63) is 71.5 Å². The Kier molecular flexibility index (Phi) is 6.16. The number of fused-ring (bicyclic) bond motifs is 3. The maximum atomic E-state index is 13.6. The zero-order valence-electron chi connectivity index (χ0n) is 24.7. The summed E-state index contributed by atoms with van der Waals surface area (Å²) in [7, 11) is 0. The molecule has 0 amide bonds. The number of hydrogen-bond donors (Lipinski definition) is 1. The van der Waals surface area contributed by atoms with Crippen LogP contribution in [0.15, 0.2) is 66.0 Å². The van der Waals surface area contributed by atoms with Crippen LogP contribution in [0, 0.1) is 34.0 Å². The van der Waals surface area contributed by atoms with Gasteiger partial charge in [-0.3, -0.25) is 9.59 Å². The summed E-state index contributed by atoms with van der Waals surface area (Å²) in [5.74, 6) is -0.918. The van der Waals surface area contributed by atoms with Crippen LogP contribution in [0.4, 0.5) is 0 Å². The van der Waals surface area contributed by atoms with E-state index in [1.807, 2.05) is 32.1 Å². The number of carbonyl (C=O) groups excluding carboxylic acids is 3. The monoisotopic (exact) mass is 560 g/mol. The van der Waals surface area contributed by atoms with Gasteiger partial charge in [0.1, 0.15) is 17.0 Å². The van der Waals surface area contributed by atoms with Crippen molar-refractivity contribution in [1.82, 2.24) is 0 Å². The molecule has 4 aliphatic carbocycles. The van der Waals surface area contributed by atoms with E-state index in [0.29, 0.717) is 24.2 Å². The predicted molar refractivity (Wildman–Crippen MR) is 151 cm³/mol. The Morgan fingerprint density at radius 3 is 2.49 bits per heavy atom. The standard InChI is InChI=1S/C34H40O7/c1-20-16-25-24-13-12-22-17-23(40-28(36)21-10-8-7-9-11-21)14-15-31(22,5)34(24)27(41-34)18-32(25,6)33(20,38)26(35)19-39-29(37)30(2,3)4/h7-12,14-15,17,20,24-25,27,38H,13,16,18-19H2,1-6H3/t20-,24?,25?,27+,31+,32+,33+,34-/m1/s1. The first-order valence-corrected chi connectivity index (χ1v) is 14.7. The number of esters is 2. The number of allylic oxidation sites excluding steroid dienone is 3. The van der Waals surface area contributed by atoms with Gasteiger partial charge in [0.2, 0.25) is 5.78 Å². The van der Waals surface area contributed by atoms with E-state index in [9.17, 15) is 19.5 Å². The Hall–Kier alpha value is -3.03. The highest BCUT2D eigenvalue weighted by atomic mass is 16.6. The Balaban J connectivity index is 1.26. The van der Waals surface area contributed by atoms with Crippen LogP contribution in [0.1, 0.15) is 71.2 Å². The Labute approximate surface area is 241 Å². The molecule has 8 atom stereocenters. The Bertz CT molecular complexity index is 1400. The number of ketones is 1. The number of aliphatic hydroxyl groups is 1. The minimum atomic E-state index is -1.61. The van der Waals surface area contributed by atoms with Gasteiger partial charge in [0.05, 0.1) is 17.1 Å². The summed E-state index contributed by atoms with van der Waals surface area (Å²) in [6.07, 6.45) is 9.95. The van der Waals surface area contributed by atoms with Gasteiger partial charge in [-0.05, 0) is 94.6 Å². The average Bonchev–Trinajstić information content (AvgIpc) is 3.61. The molecule has 5 aliphatic rings. The van der Waals surface area contributed by atoms with Crippen molar-refractivity contribution in [1.29, 1.82) is 0 Å². The second kappa shape index (κ2) is 8.98. The van der Waals surface area contributed by atoms with Crippen LogP contribution in [-0.2, 0) is 23.8 Å². The molecule has 0 radical (unpaired) electrons. The van der Waals surface area contributed by atoms with E-state index in [-0.39, 0.29) is 23.9 Å². The molecule has 0 aromatic heterocycles. The molecule has 1 aromatic carbocycles. The largest absolute Gasteiger partial charge is 0.457 e. The molecule has 6 rings (SSSR count). The molecule has 2 saturated carbocycles. The smallest absolute Gasteiger partial charge is 0.343 e. The van der Waals surface area contributed by atoms with Gasteiger partial charge in [-0.25, -0.2) is 4.79 Å². The summed E-state index contributed by atoms with van der Waals surface area (Å²) in [6, 6.07) is 8.93. The van der Waals surface area contributed by atoms with Crippen LogP contribution in [0.25, 0.3) is 0 Å². The average molecular weight is 561 g/mol.